The first-order chi connectivity index (χ1) is 7.89. The molecule has 0 N–H and O–H groups in total. The van der Waals surface area contributed by atoms with Crippen molar-refractivity contribution < 1.29 is 17.6 Å². The summed E-state index contributed by atoms with van der Waals surface area (Å²) in [5.74, 6) is -0.600. The highest BCUT2D eigenvalue weighted by Crippen LogP contribution is 2.31. The van der Waals surface area contributed by atoms with Gasteiger partial charge < -0.3 is 4.40 Å². The van der Waals surface area contributed by atoms with Gasteiger partial charge in [0.05, 0.1) is 5.69 Å². The third kappa shape index (κ3) is 2.57. The molecule has 0 saturated carbocycles. The molecule has 2 heterocycles. The molecular formula is C11H12F4N2. The highest BCUT2D eigenvalue weighted by Gasteiger charge is 2.36. The Morgan fingerprint density at radius 1 is 1.18 bits per heavy atom. The molecular weight excluding hydrogens is 236 g/mol. The number of aromatic nitrogens is 2. The van der Waals surface area contributed by atoms with Crippen molar-refractivity contribution >= 4 is 5.65 Å². The van der Waals surface area contributed by atoms with E-state index in [2.05, 4.69) is 4.98 Å². The molecule has 0 bridgehead atoms. The zero-order valence-corrected chi connectivity index (χ0v) is 9.64. The van der Waals surface area contributed by atoms with Crippen molar-refractivity contribution in [2.45, 2.75) is 26.9 Å². The first-order valence-electron chi connectivity index (χ1n) is 5.11. The summed E-state index contributed by atoms with van der Waals surface area (Å²) in [5, 5.41) is 0. The minimum Gasteiger partial charge on any atom is -0.301 e. The molecule has 0 saturated heterocycles. The van der Waals surface area contributed by atoms with Crippen LogP contribution in [-0.4, -0.2) is 9.38 Å². The Balaban J connectivity index is 0.000000686. The summed E-state index contributed by atoms with van der Waals surface area (Å²) in [4.78, 5) is 3.40. The smallest absolute Gasteiger partial charge is 0.301 e. The first-order valence-corrected chi connectivity index (χ1v) is 5.11. The van der Waals surface area contributed by atoms with Gasteiger partial charge in [-0.1, -0.05) is 13.8 Å². The summed E-state index contributed by atoms with van der Waals surface area (Å²) in [7, 11) is 0. The van der Waals surface area contributed by atoms with Gasteiger partial charge in [-0.2, -0.15) is 13.2 Å². The van der Waals surface area contributed by atoms with Crippen molar-refractivity contribution in [3.05, 3.63) is 35.5 Å². The van der Waals surface area contributed by atoms with Crippen LogP contribution < -0.4 is 0 Å². The zero-order chi connectivity index (χ0) is 13.2. The maximum absolute atomic E-state index is 12.8. The van der Waals surface area contributed by atoms with E-state index >= 15 is 0 Å². The molecule has 2 aromatic rings. The van der Waals surface area contributed by atoms with Crippen LogP contribution in [0.4, 0.5) is 17.6 Å². The van der Waals surface area contributed by atoms with Crippen LogP contribution in [0.3, 0.4) is 0 Å². The Morgan fingerprint density at radius 2 is 1.76 bits per heavy atom. The Labute approximate surface area is 95.9 Å². The fraction of sp³-hybridized carbons (Fsp3) is 0.364. The number of nitrogens with zero attached hydrogens (tertiary/aromatic N) is 2. The summed E-state index contributed by atoms with van der Waals surface area (Å²) in [6.45, 7) is 5.25. The molecule has 2 aromatic heterocycles. The van der Waals surface area contributed by atoms with Crippen LogP contribution in [0.15, 0.2) is 18.3 Å². The Hall–Kier alpha value is -1.59. The molecule has 94 valence electrons. The van der Waals surface area contributed by atoms with Gasteiger partial charge in [-0.05, 0) is 19.1 Å². The average Bonchev–Trinajstić information content (AvgIpc) is 2.59. The van der Waals surface area contributed by atoms with Gasteiger partial charge in [-0.25, -0.2) is 9.37 Å². The summed E-state index contributed by atoms with van der Waals surface area (Å²) >= 11 is 0. The molecule has 0 amide bonds. The third-order valence-corrected chi connectivity index (χ3v) is 2.09. The van der Waals surface area contributed by atoms with Gasteiger partial charge in [-0.3, -0.25) is 0 Å². The number of fused-ring (bicyclic) bond motifs is 1. The lowest BCUT2D eigenvalue weighted by molar-refractivity contribution is -0.141. The standard InChI is InChI=1S/C9H6F4N2.C2H6/c1-5-8(9(11,12)13)14-7-3-2-6(10)4-15(5)7;1-2/h2-4H,1H3;1-2H3. The number of imidazole rings is 1. The van der Waals surface area contributed by atoms with E-state index in [9.17, 15) is 17.6 Å². The minimum atomic E-state index is -4.51. The molecule has 2 rings (SSSR count). The lowest BCUT2D eigenvalue weighted by Gasteiger charge is -2.02. The number of aryl methyl sites for hydroxylation is 1. The lowest BCUT2D eigenvalue weighted by Crippen LogP contribution is -2.07. The van der Waals surface area contributed by atoms with Crippen LogP contribution >= 0.6 is 0 Å². The van der Waals surface area contributed by atoms with Crippen LogP contribution in [0.2, 0.25) is 0 Å². The van der Waals surface area contributed by atoms with Gasteiger partial charge in [0.15, 0.2) is 5.69 Å². The van der Waals surface area contributed by atoms with Crippen molar-refractivity contribution in [1.29, 1.82) is 0 Å². The molecule has 0 aliphatic rings. The predicted octanol–water partition coefficient (Wildman–Crippen LogP) is 3.83. The summed E-state index contributed by atoms with van der Waals surface area (Å²) < 4.78 is 51.1. The van der Waals surface area contributed by atoms with Gasteiger partial charge in [0, 0.05) is 6.20 Å². The molecule has 0 spiro atoms. The molecule has 0 aromatic carbocycles. The van der Waals surface area contributed by atoms with E-state index in [0.29, 0.717) is 0 Å². The maximum Gasteiger partial charge on any atom is 0.435 e. The number of alkyl halides is 3. The lowest BCUT2D eigenvalue weighted by atomic mass is 10.3. The molecule has 0 atom stereocenters. The fourth-order valence-electron chi connectivity index (χ4n) is 1.40. The largest absolute Gasteiger partial charge is 0.435 e. The van der Waals surface area contributed by atoms with Gasteiger partial charge in [0.1, 0.15) is 11.5 Å². The topological polar surface area (TPSA) is 17.3 Å². The second-order valence-electron chi connectivity index (χ2n) is 3.12. The normalized spacial score (nSPS) is 11.2. The van der Waals surface area contributed by atoms with Crippen LogP contribution in [0.1, 0.15) is 25.2 Å². The number of halogens is 4. The quantitative estimate of drug-likeness (QED) is 0.648. The minimum absolute atomic E-state index is 0.0845. The zero-order valence-electron chi connectivity index (χ0n) is 9.64. The monoisotopic (exact) mass is 248 g/mol. The Bertz CT molecular complexity index is 514. The molecule has 0 unspecified atom stereocenters. The number of hydrogen-bond donors (Lipinski definition) is 0. The number of hydrogen-bond acceptors (Lipinski definition) is 1. The predicted molar refractivity (Wildman–Crippen MR) is 56.2 cm³/mol. The van der Waals surface area contributed by atoms with E-state index in [0.717, 1.165) is 16.7 Å². The highest BCUT2D eigenvalue weighted by molar-refractivity contribution is 5.43. The van der Waals surface area contributed by atoms with Crippen molar-refractivity contribution in [3.63, 3.8) is 0 Å². The van der Waals surface area contributed by atoms with E-state index in [-0.39, 0.29) is 11.3 Å². The van der Waals surface area contributed by atoms with E-state index in [1.165, 1.54) is 13.0 Å². The maximum atomic E-state index is 12.8. The molecule has 6 heteroatoms. The van der Waals surface area contributed by atoms with E-state index in [4.69, 9.17) is 0 Å². The van der Waals surface area contributed by atoms with Crippen molar-refractivity contribution in [2.24, 2.45) is 0 Å². The highest BCUT2D eigenvalue weighted by atomic mass is 19.4. The average molecular weight is 248 g/mol. The van der Waals surface area contributed by atoms with Gasteiger partial charge >= 0.3 is 6.18 Å². The fourth-order valence-corrected chi connectivity index (χ4v) is 1.40. The van der Waals surface area contributed by atoms with E-state index in [1.807, 2.05) is 13.8 Å². The number of rotatable bonds is 0. The van der Waals surface area contributed by atoms with Crippen LogP contribution in [0, 0.1) is 12.7 Å². The van der Waals surface area contributed by atoms with E-state index < -0.39 is 17.7 Å². The number of pyridine rings is 1. The SMILES string of the molecule is CC.Cc1c(C(F)(F)F)nc2ccc(F)cn12. The molecule has 0 aliphatic carbocycles. The second kappa shape index (κ2) is 4.73. The van der Waals surface area contributed by atoms with Crippen molar-refractivity contribution in [2.75, 3.05) is 0 Å². The molecule has 2 nitrogen and oxygen atoms in total. The summed E-state index contributed by atoms with van der Waals surface area (Å²) in [6, 6.07) is 2.28. The third-order valence-electron chi connectivity index (χ3n) is 2.09. The van der Waals surface area contributed by atoms with Gasteiger partial charge in [-0.15, -0.1) is 0 Å². The van der Waals surface area contributed by atoms with Crippen LogP contribution in [0.5, 0.6) is 0 Å². The molecule has 0 fully saturated rings. The first kappa shape index (κ1) is 13.5. The summed E-state index contributed by atoms with van der Waals surface area (Å²) in [6.07, 6.45) is -3.53. The van der Waals surface area contributed by atoms with Crippen LogP contribution in [0.25, 0.3) is 5.65 Å². The Kier molecular flexibility index (Phi) is 3.75. The molecule has 0 radical (unpaired) electrons. The molecule has 0 aliphatic heterocycles. The van der Waals surface area contributed by atoms with Crippen molar-refractivity contribution in [1.82, 2.24) is 9.38 Å². The molecule has 17 heavy (non-hydrogen) atoms. The van der Waals surface area contributed by atoms with Crippen LogP contribution in [-0.2, 0) is 6.18 Å². The second-order valence-corrected chi connectivity index (χ2v) is 3.12. The van der Waals surface area contributed by atoms with Gasteiger partial charge in [0.2, 0.25) is 0 Å². The Morgan fingerprint density at radius 3 is 2.29 bits per heavy atom. The van der Waals surface area contributed by atoms with E-state index in [1.54, 1.807) is 0 Å². The van der Waals surface area contributed by atoms with Crippen molar-refractivity contribution in [3.8, 4) is 0 Å². The summed E-state index contributed by atoms with van der Waals surface area (Å²) in [5.41, 5.74) is -1.01. The van der Waals surface area contributed by atoms with Gasteiger partial charge in [0.25, 0.3) is 0 Å².